The molecule has 6 heteroatoms. The predicted molar refractivity (Wildman–Crippen MR) is 86.3 cm³/mol. The van der Waals surface area contributed by atoms with E-state index in [1.807, 2.05) is 20.8 Å². The van der Waals surface area contributed by atoms with Gasteiger partial charge < -0.3 is 5.32 Å². The summed E-state index contributed by atoms with van der Waals surface area (Å²) in [7, 11) is 1.75. The van der Waals surface area contributed by atoms with Gasteiger partial charge in [-0.05, 0) is 24.3 Å². The highest BCUT2D eigenvalue weighted by molar-refractivity contribution is 6.35. The molecule has 0 aliphatic rings. The maximum Gasteiger partial charge on any atom is 0.273 e. The molecule has 0 saturated heterocycles. The first-order chi connectivity index (χ1) is 9.66. The average Bonchev–Trinajstić information content (AvgIpc) is 2.69. The molecule has 1 aromatic carbocycles. The largest absolute Gasteiger partial charge is 0.321 e. The maximum absolute atomic E-state index is 12.3. The fraction of sp³-hybridized carbons (Fsp3) is 0.333. The van der Waals surface area contributed by atoms with Gasteiger partial charge in [0.25, 0.3) is 5.91 Å². The molecule has 0 spiro atoms. The van der Waals surface area contributed by atoms with Crippen LogP contribution in [0.2, 0.25) is 10.0 Å². The third kappa shape index (κ3) is 3.77. The highest BCUT2D eigenvalue weighted by Gasteiger charge is 2.21. The Hall–Kier alpha value is -1.52. The molecule has 1 heterocycles. The molecule has 0 fully saturated rings. The fourth-order valence-electron chi connectivity index (χ4n) is 1.87. The minimum Gasteiger partial charge on any atom is -0.321 e. The minimum atomic E-state index is -0.251. The normalized spacial score (nSPS) is 11.5. The van der Waals surface area contributed by atoms with E-state index < -0.39 is 0 Å². The number of benzene rings is 1. The molecule has 1 N–H and O–H groups in total. The monoisotopic (exact) mass is 325 g/mol. The van der Waals surface area contributed by atoms with Crippen molar-refractivity contribution in [3.8, 4) is 0 Å². The van der Waals surface area contributed by atoms with E-state index in [2.05, 4.69) is 10.4 Å². The lowest BCUT2D eigenvalue weighted by atomic mass is 9.92. The topological polar surface area (TPSA) is 46.9 Å². The molecule has 0 radical (unpaired) electrons. The zero-order valence-corrected chi connectivity index (χ0v) is 13.9. The zero-order chi connectivity index (χ0) is 15.8. The predicted octanol–water partition coefficient (Wildman–Crippen LogP) is 4.28. The van der Waals surface area contributed by atoms with Crippen LogP contribution < -0.4 is 5.32 Å². The van der Waals surface area contributed by atoms with Crippen LogP contribution in [0.5, 0.6) is 0 Å². The number of hydrogen-bond acceptors (Lipinski definition) is 2. The summed E-state index contributed by atoms with van der Waals surface area (Å²) < 4.78 is 1.57. The summed E-state index contributed by atoms with van der Waals surface area (Å²) >= 11 is 11.8. The van der Waals surface area contributed by atoms with Gasteiger partial charge in [-0.3, -0.25) is 9.48 Å². The summed E-state index contributed by atoms with van der Waals surface area (Å²) in [6, 6.07) is 6.70. The Morgan fingerprint density at radius 2 is 1.71 bits per heavy atom. The molecule has 0 saturated carbocycles. The van der Waals surface area contributed by atoms with E-state index in [9.17, 15) is 4.79 Å². The molecule has 1 aromatic heterocycles. The van der Waals surface area contributed by atoms with E-state index >= 15 is 0 Å². The van der Waals surface area contributed by atoms with Gasteiger partial charge in [0.1, 0.15) is 5.69 Å². The molecule has 1 amide bonds. The molecule has 21 heavy (non-hydrogen) atoms. The molecule has 0 atom stereocenters. The number of hydrogen-bond donors (Lipinski definition) is 1. The Bertz CT molecular complexity index is 666. The summed E-state index contributed by atoms with van der Waals surface area (Å²) in [5.41, 5.74) is 1.78. The van der Waals surface area contributed by atoms with Crippen LogP contribution in [0.25, 0.3) is 0 Å². The highest BCUT2D eigenvalue weighted by Crippen LogP contribution is 2.24. The number of nitrogens with one attached hydrogen (secondary N) is 1. The van der Waals surface area contributed by atoms with Crippen molar-refractivity contribution in [1.29, 1.82) is 0 Å². The van der Waals surface area contributed by atoms with Gasteiger partial charge in [-0.1, -0.05) is 44.0 Å². The average molecular weight is 326 g/mol. The molecule has 0 unspecified atom stereocenters. The summed E-state index contributed by atoms with van der Waals surface area (Å²) in [5.74, 6) is -0.251. The molecule has 0 bridgehead atoms. The van der Waals surface area contributed by atoms with Gasteiger partial charge in [-0.25, -0.2) is 0 Å². The van der Waals surface area contributed by atoms with Crippen molar-refractivity contribution in [2.75, 3.05) is 5.32 Å². The number of carbonyl (C=O) groups is 1. The van der Waals surface area contributed by atoms with Gasteiger partial charge in [-0.2, -0.15) is 5.10 Å². The van der Waals surface area contributed by atoms with E-state index in [4.69, 9.17) is 23.2 Å². The molecular formula is C15H17Cl2N3O. The molecule has 2 rings (SSSR count). The lowest BCUT2D eigenvalue weighted by Gasteiger charge is -2.13. The van der Waals surface area contributed by atoms with Crippen LogP contribution >= 0.6 is 23.2 Å². The second kappa shape index (κ2) is 5.70. The number of nitrogens with zero attached hydrogens (tertiary/aromatic N) is 2. The molecule has 4 nitrogen and oxygen atoms in total. The van der Waals surface area contributed by atoms with Gasteiger partial charge >= 0.3 is 0 Å². The summed E-state index contributed by atoms with van der Waals surface area (Å²) in [4.78, 5) is 12.3. The third-order valence-corrected chi connectivity index (χ3v) is 3.44. The maximum atomic E-state index is 12.3. The fourth-order valence-corrected chi connectivity index (χ4v) is 2.39. The Kier molecular flexibility index (Phi) is 4.30. The van der Waals surface area contributed by atoms with E-state index in [0.29, 0.717) is 21.4 Å². The van der Waals surface area contributed by atoms with Crippen LogP contribution in [0.4, 0.5) is 5.69 Å². The van der Waals surface area contributed by atoms with Gasteiger partial charge in [-0.15, -0.1) is 0 Å². The first-order valence-corrected chi connectivity index (χ1v) is 7.24. The van der Waals surface area contributed by atoms with Crippen molar-refractivity contribution in [3.63, 3.8) is 0 Å². The SMILES string of the molecule is Cn1nc(C(C)(C)C)cc1C(=O)Nc1cc(Cl)cc(Cl)c1. The number of anilines is 1. The Balaban J connectivity index is 2.26. The van der Waals surface area contributed by atoms with Crippen LogP contribution in [0.15, 0.2) is 24.3 Å². The summed E-state index contributed by atoms with van der Waals surface area (Å²) in [6.07, 6.45) is 0. The van der Waals surface area contributed by atoms with Gasteiger partial charge in [0, 0.05) is 28.2 Å². The minimum absolute atomic E-state index is 0.115. The Labute approximate surface area is 134 Å². The van der Waals surface area contributed by atoms with Crippen molar-refractivity contribution in [2.24, 2.45) is 7.05 Å². The molecule has 0 aliphatic carbocycles. The quantitative estimate of drug-likeness (QED) is 0.895. The van der Waals surface area contributed by atoms with E-state index in [1.165, 1.54) is 0 Å². The van der Waals surface area contributed by atoms with Gasteiger partial charge in [0.05, 0.1) is 5.69 Å². The Morgan fingerprint density at radius 1 is 1.14 bits per heavy atom. The summed E-state index contributed by atoms with van der Waals surface area (Å²) in [6.45, 7) is 6.15. The second-order valence-corrected chi connectivity index (χ2v) is 6.77. The van der Waals surface area contributed by atoms with Gasteiger partial charge in [0.2, 0.25) is 0 Å². The molecule has 0 aliphatic heterocycles. The number of aromatic nitrogens is 2. The number of carbonyl (C=O) groups excluding carboxylic acids is 1. The van der Waals surface area contributed by atoms with Crippen LogP contribution in [0.1, 0.15) is 37.0 Å². The smallest absolute Gasteiger partial charge is 0.273 e. The van der Waals surface area contributed by atoms with Crippen LogP contribution in [0, 0.1) is 0 Å². The lowest BCUT2D eigenvalue weighted by Crippen LogP contribution is -2.16. The lowest BCUT2D eigenvalue weighted by molar-refractivity contribution is 0.101. The highest BCUT2D eigenvalue weighted by atomic mass is 35.5. The van der Waals surface area contributed by atoms with Gasteiger partial charge in [0.15, 0.2) is 0 Å². The first kappa shape index (κ1) is 15.9. The molecule has 112 valence electrons. The number of halogens is 2. The Morgan fingerprint density at radius 3 is 2.19 bits per heavy atom. The van der Waals surface area contributed by atoms with Crippen LogP contribution in [-0.4, -0.2) is 15.7 Å². The van der Waals surface area contributed by atoms with Crippen molar-refractivity contribution in [1.82, 2.24) is 9.78 Å². The summed E-state index contributed by atoms with van der Waals surface area (Å²) in [5, 5.41) is 8.10. The van der Waals surface area contributed by atoms with Crippen molar-refractivity contribution < 1.29 is 4.79 Å². The first-order valence-electron chi connectivity index (χ1n) is 6.49. The molecule has 2 aromatic rings. The standard InChI is InChI=1S/C15H17Cl2N3O/c1-15(2,3)13-8-12(20(4)19-13)14(21)18-11-6-9(16)5-10(17)7-11/h5-8H,1-4H3,(H,18,21). The zero-order valence-electron chi connectivity index (χ0n) is 12.4. The number of rotatable bonds is 2. The van der Waals surface area contributed by atoms with E-state index in [1.54, 1.807) is 36.0 Å². The molecular weight excluding hydrogens is 309 g/mol. The number of amides is 1. The van der Waals surface area contributed by atoms with Crippen molar-refractivity contribution >= 4 is 34.8 Å². The van der Waals surface area contributed by atoms with Crippen molar-refractivity contribution in [3.05, 3.63) is 45.7 Å². The second-order valence-electron chi connectivity index (χ2n) is 5.90. The third-order valence-electron chi connectivity index (χ3n) is 3.00. The van der Waals surface area contributed by atoms with E-state index in [0.717, 1.165) is 5.69 Å². The van der Waals surface area contributed by atoms with Crippen LogP contribution in [0.3, 0.4) is 0 Å². The number of aryl methyl sites for hydroxylation is 1. The van der Waals surface area contributed by atoms with Crippen LogP contribution in [-0.2, 0) is 12.5 Å². The van der Waals surface area contributed by atoms with Crippen molar-refractivity contribution in [2.45, 2.75) is 26.2 Å². The van der Waals surface area contributed by atoms with E-state index in [-0.39, 0.29) is 11.3 Å².